The quantitative estimate of drug-likeness (QED) is 0.641. The van der Waals surface area contributed by atoms with Crippen LogP contribution in [0.25, 0.3) is 0 Å². The third-order valence-electron chi connectivity index (χ3n) is 3.50. The Balaban J connectivity index is 4.47. The third kappa shape index (κ3) is 6.92. The van der Waals surface area contributed by atoms with Gasteiger partial charge in [-0.3, -0.25) is 9.59 Å². The van der Waals surface area contributed by atoms with Crippen molar-refractivity contribution in [3.05, 3.63) is 0 Å². The number of carbonyl (C=O) groups is 2. The molecule has 0 aliphatic carbocycles. The molecular weight excluding hydrogens is 256 g/mol. The molecule has 0 rings (SSSR count). The summed E-state index contributed by atoms with van der Waals surface area (Å²) in [5.74, 6) is -0.0469. The summed E-state index contributed by atoms with van der Waals surface area (Å²) in [6.07, 6.45) is 0.348. The first-order chi connectivity index (χ1) is 9.16. The molecule has 0 aromatic heterocycles. The van der Waals surface area contributed by atoms with Crippen molar-refractivity contribution in [2.24, 2.45) is 23.7 Å². The van der Waals surface area contributed by atoms with Gasteiger partial charge in [-0.05, 0) is 11.8 Å². The topological polar surface area (TPSA) is 52.6 Å². The highest BCUT2D eigenvalue weighted by Gasteiger charge is 2.25. The van der Waals surface area contributed by atoms with Crippen LogP contribution in [0.2, 0.25) is 0 Å². The monoisotopic (exact) mass is 286 g/mol. The standard InChI is InChI=1S/C16H30O4/c1-10(2)13(7)14(20-16(18)12(5)6)8-9-19-15(17)11(3)4/h10-14H,8-9H2,1-7H3. The number of ether oxygens (including phenoxy) is 2. The van der Waals surface area contributed by atoms with Crippen molar-refractivity contribution in [2.75, 3.05) is 6.61 Å². The van der Waals surface area contributed by atoms with Crippen molar-refractivity contribution < 1.29 is 19.1 Å². The van der Waals surface area contributed by atoms with Crippen molar-refractivity contribution in [1.29, 1.82) is 0 Å². The van der Waals surface area contributed by atoms with Crippen molar-refractivity contribution in [3.8, 4) is 0 Å². The molecule has 2 atom stereocenters. The fourth-order valence-corrected chi connectivity index (χ4v) is 1.59. The Morgan fingerprint density at radius 2 is 1.35 bits per heavy atom. The molecule has 4 nitrogen and oxygen atoms in total. The number of hydrogen-bond donors (Lipinski definition) is 0. The van der Waals surface area contributed by atoms with Gasteiger partial charge in [0, 0.05) is 6.42 Å². The third-order valence-corrected chi connectivity index (χ3v) is 3.50. The Bertz CT molecular complexity index is 308. The zero-order valence-corrected chi connectivity index (χ0v) is 13.9. The summed E-state index contributed by atoms with van der Waals surface area (Å²) in [6.45, 7) is 13.8. The average molecular weight is 286 g/mol. The van der Waals surface area contributed by atoms with Crippen molar-refractivity contribution in [1.82, 2.24) is 0 Å². The van der Waals surface area contributed by atoms with E-state index in [9.17, 15) is 9.59 Å². The zero-order chi connectivity index (χ0) is 15.9. The summed E-state index contributed by atoms with van der Waals surface area (Å²) in [7, 11) is 0. The zero-order valence-electron chi connectivity index (χ0n) is 13.9. The molecule has 0 spiro atoms. The molecule has 4 heteroatoms. The van der Waals surface area contributed by atoms with E-state index < -0.39 is 0 Å². The molecule has 2 unspecified atom stereocenters. The minimum Gasteiger partial charge on any atom is -0.465 e. The molecule has 118 valence electrons. The Morgan fingerprint density at radius 3 is 1.75 bits per heavy atom. The molecule has 0 aliphatic heterocycles. The van der Waals surface area contributed by atoms with Gasteiger partial charge >= 0.3 is 11.9 Å². The molecule has 0 saturated heterocycles. The second-order valence-electron chi connectivity index (χ2n) is 6.34. The molecule has 0 N–H and O–H groups in total. The van der Waals surface area contributed by atoms with Crippen LogP contribution >= 0.6 is 0 Å². The molecule has 0 fully saturated rings. The summed E-state index contributed by atoms with van der Waals surface area (Å²) in [4.78, 5) is 23.2. The van der Waals surface area contributed by atoms with Crippen LogP contribution in [-0.4, -0.2) is 24.6 Å². The van der Waals surface area contributed by atoms with Crippen LogP contribution in [0, 0.1) is 23.7 Å². The Hall–Kier alpha value is -1.06. The van der Waals surface area contributed by atoms with Crippen LogP contribution in [0.5, 0.6) is 0 Å². The number of rotatable bonds is 8. The van der Waals surface area contributed by atoms with E-state index in [1.54, 1.807) is 13.8 Å². The van der Waals surface area contributed by atoms with Crippen LogP contribution in [0.3, 0.4) is 0 Å². The van der Waals surface area contributed by atoms with Gasteiger partial charge in [-0.25, -0.2) is 0 Å². The van der Waals surface area contributed by atoms with Gasteiger partial charge in [-0.1, -0.05) is 48.5 Å². The number of hydrogen-bond acceptors (Lipinski definition) is 4. The predicted octanol–water partition coefficient (Wildman–Crippen LogP) is 3.44. The smallest absolute Gasteiger partial charge is 0.308 e. The van der Waals surface area contributed by atoms with Gasteiger partial charge < -0.3 is 9.47 Å². The fraction of sp³-hybridized carbons (Fsp3) is 0.875. The van der Waals surface area contributed by atoms with Crippen molar-refractivity contribution >= 4 is 11.9 Å². The van der Waals surface area contributed by atoms with Crippen LogP contribution in [0.4, 0.5) is 0 Å². The van der Waals surface area contributed by atoms with Gasteiger partial charge in [0.1, 0.15) is 6.10 Å². The molecule has 0 bridgehead atoms. The van der Waals surface area contributed by atoms with E-state index in [0.29, 0.717) is 18.9 Å². The highest BCUT2D eigenvalue weighted by atomic mass is 16.6. The van der Waals surface area contributed by atoms with E-state index in [1.165, 1.54) is 0 Å². The molecule has 0 amide bonds. The second kappa shape index (κ2) is 8.98. The largest absolute Gasteiger partial charge is 0.465 e. The van der Waals surface area contributed by atoms with Gasteiger partial charge in [0.15, 0.2) is 0 Å². The van der Waals surface area contributed by atoms with Crippen LogP contribution in [0.15, 0.2) is 0 Å². The number of carbonyl (C=O) groups excluding carboxylic acids is 2. The summed E-state index contributed by atoms with van der Waals surface area (Å²) in [5.41, 5.74) is 0. The minimum absolute atomic E-state index is 0.130. The molecule has 0 aromatic rings. The lowest BCUT2D eigenvalue weighted by molar-refractivity contribution is -0.158. The second-order valence-corrected chi connectivity index (χ2v) is 6.34. The highest BCUT2D eigenvalue weighted by molar-refractivity contribution is 5.72. The highest BCUT2D eigenvalue weighted by Crippen LogP contribution is 2.21. The summed E-state index contributed by atoms with van der Waals surface area (Å²) in [6, 6.07) is 0. The van der Waals surface area contributed by atoms with Crippen LogP contribution in [0.1, 0.15) is 54.9 Å². The maximum Gasteiger partial charge on any atom is 0.308 e. The summed E-state index contributed by atoms with van der Waals surface area (Å²) in [5, 5.41) is 0. The van der Waals surface area contributed by atoms with Crippen molar-refractivity contribution in [2.45, 2.75) is 61.0 Å². The van der Waals surface area contributed by atoms with Crippen LogP contribution in [-0.2, 0) is 19.1 Å². The van der Waals surface area contributed by atoms with E-state index >= 15 is 0 Å². The lowest BCUT2D eigenvalue weighted by Gasteiger charge is -2.27. The van der Waals surface area contributed by atoms with E-state index in [0.717, 1.165) is 0 Å². The first-order valence-corrected chi connectivity index (χ1v) is 7.53. The molecular formula is C16H30O4. The van der Waals surface area contributed by atoms with Gasteiger partial charge in [-0.15, -0.1) is 0 Å². The molecule has 0 saturated carbocycles. The predicted molar refractivity (Wildman–Crippen MR) is 79.1 cm³/mol. The molecule has 0 heterocycles. The van der Waals surface area contributed by atoms with E-state index in [4.69, 9.17) is 9.47 Å². The lowest BCUT2D eigenvalue weighted by atomic mass is 9.90. The Labute approximate surface area is 123 Å². The van der Waals surface area contributed by atoms with Gasteiger partial charge in [-0.2, -0.15) is 0 Å². The van der Waals surface area contributed by atoms with E-state index in [2.05, 4.69) is 20.8 Å². The fourth-order valence-electron chi connectivity index (χ4n) is 1.59. The maximum absolute atomic E-state index is 11.8. The molecule has 0 radical (unpaired) electrons. The number of esters is 2. The minimum atomic E-state index is -0.212. The van der Waals surface area contributed by atoms with Gasteiger partial charge in [0.2, 0.25) is 0 Å². The van der Waals surface area contributed by atoms with Crippen molar-refractivity contribution in [3.63, 3.8) is 0 Å². The Kier molecular flexibility index (Phi) is 8.51. The normalized spacial score (nSPS) is 14.5. The van der Waals surface area contributed by atoms with E-state index in [-0.39, 0.29) is 35.8 Å². The Morgan fingerprint density at radius 1 is 0.850 bits per heavy atom. The SMILES string of the molecule is CC(C)C(=O)OCCC(OC(=O)C(C)C)C(C)C(C)C. The average Bonchev–Trinajstić information content (AvgIpc) is 2.35. The molecule has 0 aromatic carbocycles. The van der Waals surface area contributed by atoms with Gasteiger partial charge in [0.05, 0.1) is 18.4 Å². The summed E-state index contributed by atoms with van der Waals surface area (Å²) < 4.78 is 10.7. The first-order valence-electron chi connectivity index (χ1n) is 7.53. The maximum atomic E-state index is 11.8. The van der Waals surface area contributed by atoms with Gasteiger partial charge in [0.25, 0.3) is 0 Å². The van der Waals surface area contributed by atoms with E-state index in [1.807, 2.05) is 13.8 Å². The molecule has 0 aliphatic rings. The summed E-state index contributed by atoms with van der Waals surface area (Å²) >= 11 is 0. The van der Waals surface area contributed by atoms with Crippen LogP contribution < -0.4 is 0 Å². The lowest BCUT2D eigenvalue weighted by Crippen LogP contribution is -2.31. The molecule has 20 heavy (non-hydrogen) atoms. The first kappa shape index (κ1) is 18.9.